The Hall–Kier alpha value is -0.0400. The maximum atomic E-state index is 2.39. The third-order valence-electron chi connectivity index (χ3n) is 2.99. The van der Waals surface area contributed by atoms with Crippen molar-refractivity contribution >= 4 is 0 Å². The Morgan fingerprint density at radius 2 is 1.43 bits per heavy atom. The van der Waals surface area contributed by atoms with Crippen molar-refractivity contribution in [3.05, 3.63) is 0 Å². The van der Waals surface area contributed by atoms with Crippen molar-refractivity contribution in [2.75, 3.05) is 14.1 Å². The highest BCUT2D eigenvalue weighted by Crippen LogP contribution is 2.13. The van der Waals surface area contributed by atoms with Gasteiger partial charge in [0.25, 0.3) is 0 Å². The standard InChI is InChI=1S/C13H29N/c1-5-7-8-9-10-12-13(11-6-2)14(3)4/h13H,5-12H2,1-4H3. The van der Waals surface area contributed by atoms with E-state index in [9.17, 15) is 0 Å². The molecule has 0 spiro atoms. The lowest BCUT2D eigenvalue weighted by molar-refractivity contribution is 0.256. The Morgan fingerprint density at radius 3 is 1.93 bits per heavy atom. The lowest BCUT2D eigenvalue weighted by Crippen LogP contribution is -2.27. The number of hydrogen-bond donors (Lipinski definition) is 0. The van der Waals surface area contributed by atoms with Crippen LogP contribution < -0.4 is 0 Å². The fourth-order valence-corrected chi connectivity index (χ4v) is 1.98. The third kappa shape index (κ3) is 7.37. The van der Waals surface area contributed by atoms with Gasteiger partial charge < -0.3 is 4.90 Å². The topological polar surface area (TPSA) is 3.24 Å². The summed E-state index contributed by atoms with van der Waals surface area (Å²) in [6.45, 7) is 4.56. The number of hydrogen-bond acceptors (Lipinski definition) is 1. The number of nitrogens with zero attached hydrogens (tertiary/aromatic N) is 1. The van der Waals surface area contributed by atoms with Crippen molar-refractivity contribution in [3.63, 3.8) is 0 Å². The van der Waals surface area contributed by atoms with Crippen LogP contribution in [0.5, 0.6) is 0 Å². The summed E-state index contributed by atoms with van der Waals surface area (Å²) >= 11 is 0. The molecule has 0 amide bonds. The predicted molar refractivity (Wildman–Crippen MR) is 65.8 cm³/mol. The highest BCUT2D eigenvalue weighted by molar-refractivity contribution is 4.65. The first-order valence-electron chi connectivity index (χ1n) is 6.38. The van der Waals surface area contributed by atoms with E-state index in [0.717, 1.165) is 6.04 Å². The maximum Gasteiger partial charge on any atom is 0.00890 e. The van der Waals surface area contributed by atoms with E-state index in [-0.39, 0.29) is 0 Å². The van der Waals surface area contributed by atoms with E-state index in [0.29, 0.717) is 0 Å². The molecule has 0 fully saturated rings. The second-order valence-corrected chi connectivity index (χ2v) is 4.61. The lowest BCUT2D eigenvalue weighted by Gasteiger charge is -2.23. The van der Waals surface area contributed by atoms with Gasteiger partial charge in [-0.3, -0.25) is 0 Å². The van der Waals surface area contributed by atoms with Crippen LogP contribution in [0.4, 0.5) is 0 Å². The Labute approximate surface area is 90.9 Å². The van der Waals surface area contributed by atoms with E-state index >= 15 is 0 Å². The van der Waals surface area contributed by atoms with Crippen LogP contribution >= 0.6 is 0 Å². The van der Waals surface area contributed by atoms with Crippen molar-refractivity contribution in [1.82, 2.24) is 4.90 Å². The average Bonchev–Trinajstić information content (AvgIpc) is 2.15. The first-order valence-corrected chi connectivity index (χ1v) is 6.38. The Balaban J connectivity index is 3.41. The van der Waals surface area contributed by atoms with Gasteiger partial charge in [-0.1, -0.05) is 52.4 Å². The van der Waals surface area contributed by atoms with Crippen LogP contribution in [0.15, 0.2) is 0 Å². The minimum atomic E-state index is 0.821. The maximum absolute atomic E-state index is 2.39. The molecule has 0 rings (SSSR count). The van der Waals surface area contributed by atoms with Gasteiger partial charge in [0.05, 0.1) is 0 Å². The molecule has 0 aromatic carbocycles. The van der Waals surface area contributed by atoms with Crippen LogP contribution in [0.3, 0.4) is 0 Å². The first kappa shape index (κ1) is 14.0. The molecule has 1 atom stereocenters. The summed E-state index contributed by atoms with van der Waals surface area (Å²) in [6.07, 6.45) is 11.1. The molecular weight excluding hydrogens is 170 g/mol. The van der Waals surface area contributed by atoms with Gasteiger partial charge in [0.15, 0.2) is 0 Å². The van der Waals surface area contributed by atoms with Crippen molar-refractivity contribution in [2.45, 2.75) is 71.3 Å². The molecule has 0 radical (unpaired) electrons. The van der Waals surface area contributed by atoms with E-state index in [1.54, 1.807) is 0 Å². The largest absolute Gasteiger partial charge is 0.306 e. The molecule has 1 heteroatoms. The molecule has 0 heterocycles. The molecule has 0 N–H and O–H groups in total. The molecule has 0 saturated carbocycles. The second kappa shape index (κ2) is 9.51. The van der Waals surface area contributed by atoms with Crippen molar-refractivity contribution in [2.24, 2.45) is 0 Å². The predicted octanol–water partition coefficient (Wildman–Crippen LogP) is 4.08. The monoisotopic (exact) mass is 199 g/mol. The summed E-state index contributed by atoms with van der Waals surface area (Å²) in [5, 5.41) is 0. The van der Waals surface area contributed by atoms with Gasteiger partial charge in [-0.15, -0.1) is 0 Å². The van der Waals surface area contributed by atoms with Gasteiger partial charge in [-0.2, -0.15) is 0 Å². The molecule has 0 aromatic heterocycles. The summed E-state index contributed by atoms with van der Waals surface area (Å²) in [7, 11) is 4.43. The highest BCUT2D eigenvalue weighted by Gasteiger charge is 2.08. The molecule has 1 nitrogen and oxygen atoms in total. The number of rotatable bonds is 9. The fourth-order valence-electron chi connectivity index (χ4n) is 1.98. The minimum Gasteiger partial charge on any atom is -0.306 e. The fraction of sp³-hybridized carbons (Fsp3) is 1.00. The number of unbranched alkanes of at least 4 members (excludes halogenated alkanes) is 4. The first-order chi connectivity index (χ1) is 6.72. The average molecular weight is 199 g/mol. The minimum absolute atomic E-state index is 0.821. The summed E-state index contributed by atoms with van der Waals surface area (Å²) in [5.74, 6) is 0. The van der Waals surface area contributed by atoms with Gasteiger partial charge in [0.2, 0.25) is 0 Å². The van der Waals surface area contributed by atoms with Gasteiger partial charge in [0, 0.05) is 6.04 Å². The molecular formula is C13H29N. The second-order valence-electron chi connectivity index (χ2n) is 4.61. The van der Waals surface area contributed by atoms with Crippen LogP contribution in [-0.2, 0) is 0 Å². The zero-order valence-corrected chi connectivity index (χ0v) is 10.7. The zero-order chi connectivity index (χ0) is 10.8. The molecule has 86 valence electrons. The molecule has 0 aliphatic carbocycles. The molecule has 0 aliphatic rings. The van der Waals surface area contributed by atoms with Gasteiger partial charge in [0.1, 0.15) is 0 Å². The van der Waals surface area contributed by atoms with E-state index < -0.39 is 0 Å². The summed E-state index contributed by atoms with van der Waals surface area (Å²) in [4.78, 5) is 2.39. The van der Waals surface area contributed by atoms with Crippen LogP contribution in [0.1, 0.15) is 65.2 Å². The zero-order valence-electron chi connectivity index (χ0n) is 10.7. The summed E-state index contributed by atoms with van der Waals surface area (Å²) in [6, 6.07) is 0.821. The Bertz CT molecular complexity index is 110. The third-order valence-corrected chi connectivity index (χ3v) is 2.99. The Kier molecular flexibility index (Phi) is 9.49. The van der Waals surface area contributed by atoms with Crippen molar-refractivity contribution < 1.29 is 0 Å². The van der Waals surface area contributed by atoms with Crippen LogP contribution in [0.2, 0.25) is 0 Å². The molecule has 0 bridgehead atoms. The summed E-state index contributed by atoms with van der Waals surface area (Å²) in [5.41, 5.74) is 0. The van der Waals surface area contributed by atoms with Gasteiger partial charge in [-0.25, -0.2) is 0 Å². The molecule has 0 aliphatic heterocycles. The Morgan fingerprint density at radius 1 is 0.786 bits per heavy atom. The van der Waals surface area contributed by atoms with Crippen molar-refractivity contribution in [3.8, 4) is 0 Å². The van der Waals surface area contributed by atoms with E-state index in [1.807, 2.05) is 0 Å². The van der Waals surface area contributed by atoms with Crippen molar-refractivity contribution in [1.29, 1.82) is 0 Å². The molecule has 14 heavy (non-hydrogen) atoms. The smallest absolute Gasteiger partial charge is 0.00890 e. The van der Waals surface area contributed by atoms with Crippen LogP contribution in [-0.4, -0.2) is 25.0 Å². The van der Waals surface area contributed by atoms with Crippen LogP contribution in [0, 0.1) is 0 Å². The van der Waals surface area contributed by atoms with Crippen LogP contribution in [0.25, 0.3) is 0 Å². The summed E-state index contributed by atoms with van der Waals surface area (Å²) < 4.78 is 0. The normalized spacial score (nSPS) is 13.5. The molecule has 0 aromatic rings. The van der Waals surface area contributed by atoms with Gasteiger partial charge >= 0.3 is 0 Å². The molecule has 0 saturated heterocycles. The van der Waals surface area contributed by atoms with E-state index in [2.05, 4.69) is 32.8 Å². The SMILES string of the molecule is CCCCCCCC(CCC)N(C)C. The quantitative estimate of drug-likeness (QED) is 0.506. The lowest BCUT2D eigenvalue weighted by atomic mass is 10.0. The van der Waals surface area contributed by atoms with E-state index in [1.165, 1.54) is 51.4 Å². The van der Waals surface area contributed by atoms with E-state index in [4.69, 9.17) is 0 Å². The van der Waals surface area contributed by atoms with Gasteiger partial charge in [-0.05, 0) is 26.9 Å². The molecule has 1 unspecified atom stereocenters. The highest BCUT2D eigenvalue weighted by atomic mass is 15.1.